The van der Waals surface area contributed by atoms with E-state index in [4.69, 9.17) is 0 Å². The average Bonchev–Trinajstić information content (AvgIpc) is 2.80. The second-order valence-electron chi connectivity index (χ2n) is 4.61. The third-order valence-electron chi connectivity index (χ3n) is 3.11. The molecule has 90 valence electrons. The van der Waals surface area contributed by atoms with Crippen molar-refractivity contribution in [3.05, 3.63) is 23.7 Å². The Kier molecular flexibility index (Phi) is 2.22. The molecule has 0 amide bonds. The smallest absolute Gasteiger partial charge is 0.177 e. The fourth-order valence-electron chi connectivity index (χ4n) is 2.23. The number of nitrogens with zero attached hydrogens (tertiary/aromatic N) is 2. The van der Waals surface area contributed by atoms with Crippen LogP contribution < -0.4 is 0 Å². The lowest BCUT2D eigenvalue weighted by Gasteiger charge is -2.00. The molecule has 6 heteroatoms. The van der Waals surface area contributed by atoms with Crippen LogP contribution in [0.1, 0.15) is 23.7 Å². The second kappa shape index (κ2) is 3.53. The van der Waals surface area contributed by atoms with E-state index < -0.39 is 9.84 Å². The lowest BCUT2D eigenvalue weighted by molar-refractivity contribution is 0.601. The van der Waals surface area contributed by atoms with Crippen molar-refractivity contribution < 1.29 is 8.42 Å². The summed E-state index contributed by atoms with van der Waals surface area (Å²) in [6, 6.07) is 1.97. The molecule has 0 saturated carbocycles. The Morgan fingerprint density at radius 1 is 1.47 bits per heavy atom. The highest BCUT2D eigenvalue weighted by Crippen LogP contribution is 2.28. The topological polar surface area (TPSA) is 75.7 Å². The fourth-order valence-corrected chi connectivity index (χ4v) is 3.97. The Hall–Kier alpha value is -1.43. The molecule has 0 spiro atoms. The van der Waals surface area contributed by atoms with Gasteiger partial charge in [-0.25, -0.2) is 18.4 Å². The first kappa shape index (κ1) is 10.7. The molecule has 0 radical (unpaired) electrons. The van der Waals surface area contributed by atoms with E-state index in [0.717, 1.165) is 16.9 Å². The molecule has 2 aromatic rings. The maximum Gasteiger partial charge on any atom is 0.177 e. The van der Waals surface area contributed by atoms with E-state index >= 15 is 0 Å². The number of aromatic nitrogens is 3. The van der Waals surface area contributed by atoms with Crippen molar-refractivity contribution in [2.24, 2.45) is 0 Å². The van der Waals surface area contributed by atoms with Gasteiger partial charge in [-0.05, 0) is 25.0 Å². The lowest BCUT2D eigenvalue weighted by atomic mass is 10.1. The van der Waals surface area contributed by atoms with Crippen molar-refractivity contribution in [2.75, 3.05) is 11.5 Å². The number of pyridine rings is 1. The Bertz CT molecular complexity index is 675. The molecule has 17 heavy (non-hydrogen) atoms. The Labute approximate surface area is 99.2 Å². The number of rotatable bonds is 1. The number of imidazole rings is 1. The number of nitrogens with one attached hydrogen (secondary N) is 1. The molecule has 1 fully saturated rings. The highest BCUT2D eigenvalue weighted by Gasteiger charge is 2.31. The maximum absolute atomic E-state index is 11.4. The largest absolute Gasteiger partial charge is 0.340 e. The summed E-state index contributed by atoms with van der Waals surface area (Å²) < 4.78 is 22.9. The van der Waals surface area contributed by atoms with Crippen LogP contribution in [0.2, 0.25) is 0 Å². The number of hydrogen-bond donors (Lipinski definition) is 1. The van der Waals surface area contributed by atoms with Gasteiger partial charge in [-0.3, -0.25) is 0 Å². The summed E-state index contributed by atoms with van der Waals surface area (Å²) in [4.78, 5) is 11.8. The summed E-state index contributed by atoms with van der Waals surface area (Å²) in [5, 5.41) is 0. The molecule has 1 N–H and O–H groups in total. The van der Waals surface area contributed by atoms with E-state index in [1.54, 1.807) is 6.20 Å². The minimum atomic E-state index is -2.87. The summed E-state index contributed by atoms with van der Waals surface area (Å²) >= 11 is 0. The van der Waals surface area contributed by atoms with Gasteiger partial charge in [0.05, 0.1) is 17.0 Å². The predicted octanol–water partition coefficient (Wildman–Crippen LogP) is 1.17. The van der Waals surface area contributed by atoms with Gasteiger partial charge in [-0.15, -0.1) is 0 Å². The molecular weight excluding hydrogens is 238 g/mol. The van der Waals surface area contributed by atoms with Gasteiger partial charge in [-0.1, -0.05) is 0 Å². The molecule has 1 atom stereocenters. The van der Waals surface area contributed by atoms with E-state index in [-0.39, 0.29) is 17.4 Å². The van der Waals surface area contributed by atoms with Gasteiger partial charge in [0.2, 0.25) is 0 Å². The minimum Gasteiger partial charge on any atom is -0.340 e. The normalized spacial score (nSPS) is 23.2. The van der Waals surface area contributed by atoms with Crippen LogP contribution in [0.15, 0.2) is 12.3 Å². The summed E-state index contributed by atoms with van der Waals surface area (Å²) in [6.45, 7) is 1.97. The fraction of sp³-hybridized carbons (Fsp3) is 0.455. The first-order chi connectivity index (χ1) is 8.03. The van der Waals surface area contributed by atoms with Gasteiger partial charge in [-0.2, -0.15) is 0 Å². The van der Waals surface area contributed by atoms with Gasteiger partial charge in [0.15, 0.2) is 15.5 Å². The number of aromatic amines is 1. The molecule has 5 nitrogen and oxygen atoms in total. The third-order valence-corrected chi connectivity index (χ3v) is 4.88. The van der Waals surface area contributed by atoms with Crippen molar-refractivity contribution in [1.82, 2.24) is 15.0 Å². The highest BCUT2D eigenvalue weighted by atomic mass is 32.2. The van der Waals surface area contributed by atoms with Crippen molar-refractivity contribution in [3.63, 3.8) is 0 Å². The van der Waals surface area contributed by atoms with E-state index in [0.29, 0.717) is 12.1 Å². The van der Waals surface area contributed by atoms with Gasteiger partial charge >= 0.3 is 0 Å². The Morgan fingerprint density at radius 3 is 3.00 bits per heavy atom. The summed E-state index contributed by atoms with van der Waals surface area (Å²) in [5.74, 6) is 1.21. The molecular formula is C11H13N3O2S. The molecule has 1 unspecified atom stereocenters. The van der Waals surface area contributed by atoms with Crippen molar-refractivity contribution in [2.45, 2.75) is 19.3 Å². The Morgan fingerprint density at radius 2 is 2.29 bits per heavy atom. The van der Waals surface area contributed by atoms with Crippen molar-refractivity contribution >= 4 is 21.0 Å². The first-order valence-corrected chi connectivity index (χ1v) is 7.38. The van der Waals surface area contributed by atoms with E-state index in [9.17, 15) is 8.42 Å². The van der Waals surface area contributed by atoms with E-state index in [1.807, 2.05) is 13.0 Å². The summed E-state index contributed by atoms with van der Waals surface area (Å²) in [6.07, 6.45) is 2.42. The van der Waals surface area contributed by atoms with Crippen molar-refractivity contribution in [1.29, 1.82) is 0 Å². The molecule has 0 aliphatic carbocycles. The second-order valence-corrected chi connectivity index (χ2v) is 6.83. The van der Waals surface area contributed by atoms with E-state index in [1.165, 1.54) is 0 Å². The number of hydrogen-bond acceptors (Lipinski definition) is 4. The van der Waals surface area contributed by atoms with Crippen LogP contribution in [0.25, 0.3) is 11.2 Å². The molecule has 1 aliphatic rings. The van der Waals surface area contributed by atoms with Crippen LogP contribution in [0, 0.1) is 6.92 Å². The zero-order valence-electron chi connectivity index (χ0n) is 9.47. The monoisotopic (exact) mass is 251 g/mol. The number of aryl methyl sites for hydroxylation is 1. The quantitative estimate of drug-likeness (QED) is 0.825. The van der Waals surface area contributed by atoms with Gasteiger partial charge in [0.25, 0.3) is 0 Å². The van der Waals surface area contributed by atoms with Crippen LogP contribution in [0.3, 0.4) is 0 Å². The first-order valence-electron chi connectivity index (χ1n) is 5.56. The molecule has 2 aromatic heterocycles. The van der Waals surface area contributed by atoms with Crippen LogP contribution in [0.4, 0.5) is 0 Å². The van der Waals surface area contributed by atoms with E-state index in [2.05, 4.69) is 15.0 Å². The predicted molar refractivity (Wildman–Crippen MR) is 64.6 cm³/mol. The third kappa shape index (κ3) is 1.93. The van der Waals surface area contributed by atoms with Gasteiger partial charge in [0, 0.05) is 12.1 Å². The standard InChI is InChI=1S/C11H13N3O2S/c1-7-4-9-11(12-5-7)14-10(13-9)8-2-3-17(15,16)6-8/h4-5,8H,2-3,6H2,1H3,(H,12,13,14). The number of H-pyrrole nitrogens is 1. The van der Waals surface area contributed by atoms with Gasteiger partial charge < -0.3 is 4.98 Å². The molecule has 0 aromatic carbocycles. The molecule has 3 heterocycles. The zero-order valence-corrected chi connectivity index (χ0v) is 10.3. The van der Waals surface area contributed by atoms with Crippen LogP contribution in [-0.2, 0) is 9.84 Å². The average molecular weight is 251 g/mol. The number of fused-ring (bicyclic) bond motifs is 1. The Balaban J connectivity index is 2.02. The molecule has 1 aliphatic heterocycles. The van der Waals surface area contributed by atoms with Crippen LogP contribution in [0.5, 0.6) is 0 Å². The summed E-state index contributed by atoms with van der Waals surface area (Å²) in [7, 11) is -2.87. The van der Waals surface area contributed by atoms with Crippen LogP contribution in [-0.4, -0.2) is 34.9 Å². The summed E-state index contributed by atoms with van der Waals surface area (Å²) in [5.41, 5.74) is 2.60. The lowest BCUT2D eigenvalue weighted by Crippen LogP contribution is -2.04. The number of sulfone groups is 1. The minimum absolute atomic E-state index is 0.00509. The maximum atomic E-state index is 11.4. The van der Waals surface area contributed by atoms with Crippen LogP contribution >= 0.6 is 0 Å². The molecule has 0 bridgehead atoms. The SMILES string of the molecule is Cc1cnc2nc(C3CCS(=O)(=O)C3)[nH]c2c1. The molecule has 1 saturated heterocycles. The zero-order chi connectivity index (χ0) is 12.0. The van der Waals surface area contributed by atoms with Crippen molar-refractivity contribution in [3.8, 4) is 0 Å². The molecule has 3 rings (SSSR count). The highest BCUT2D eigenvalue weighted by molar-refractivity contribution is 7.91. The van der Waals surface area contributed by atoms with Gasteiger partial charge in [0.1, 0.15) is 5.82 Å².